The van der Waals surface area contributed by atoms with Crippen molar-refractivity contribution >= 4 is 22.1 Å². The number of nitrogens with zero attached hydrogens (tertiary/aromatic N) is 3. The van der Waals surface area contributed by atoms with Gasteiger partial charge in [0.25, 0.3) is 0 Å². The van der Waals surface area contributed by atoms with Gasteiger partial charge in [-0.2, -0.15) is 9.41 Å². The van der Waals surface area contributed by atoms with Crippen LogP contribution in [0.3, 0.4) is 0 Å². The third kappa shape index (κ3) is 4.95. The molecule has 2 aromatic rings. The van der Waals surface area contributed by atoms with Crippen molar-refractivity contribution in [1.82, 2.24) is 9.29 Å². The molecule has 0 saturated carbocycles. The van der Waals surface area contributed by atoms with Crippen molar-refractivity contribution in [3.8, 4) is 11.5 Å². The Kier molecular flexibility index (Phi) is 7.14. The third-order valence-electron chi connectivity index (χ3n) is 3.88. The smallest absolute Gasteiger partial charge is 0.244 e. The second-order valence-electron chi connectivity index (χ2n) is 5.45. The largest absolute Gasteiger partial charge is 0.493 e. The van der Waals surface area contributed by atoms with E-state index in [-0.39, 0.29) is 4.90 Å². The molecular weight excluding hydrogens is 368 g/mol. The van der Waals surface area contributed by atoms with Gasteiger partial charge in [0.1, 0.15) is 10.7 Å². The van der Waals surface area contributed by atoms with Crippen molar-refractivity contribution in [3.05, 3.63) is 42.1 Å². The SMILES string of the molecule is CCN(CC)S(=O)(=O)c1ccc(N/N=C/c2ccc(OC)c(OC)c2)nc1. The number of anilines is 1. The molecule has 9 heteroatoms. The van der Waals surface area contributed by atoms with E-state index in [0.717, 1.165) is 5.56 Å². The Balaban J connectivity index is 2.08. The first kappa shape index (κ1) is 20.7. The number of rotatable bonds is 9. The van der Waals surface area contributed by atoms with E-state index in [1.165, 1.54) is 16.6 Å². The second-order valence-corrected chi connectivity index (χ2v) is 7.39. The van der Waals surface area contributed by atoms with Crippen molar-refractivity contribution in [3.63, 3.8) is 0 Å². The van der Waals surface area contributed by atoms with E-state index >= 15 is 0 Å². The zero-order chi connectivity index (χ0) is 19.9. The number of nitrogens with one attached hydrogen (secondary N) is 1. The van der Waals surface area contributed by atoms with Crippen LogP contribution in [0, 0.1) is 0 Å². The number of methoxy groups -OCH3 is 2. The molecule has 1 aromatic carbocycles. The maximum absolute atomic E-state index is 12.4. The number of ether oxygens (including phenoxy) is 2. The highest BCUT2D eigenvalue weighted by Crippen LogP contribution is 2.26. The molecule has 0 saturated heterocycles. The molecule has 0 aliphatic rings. The summed E-state index contributed by atoms with van der Waals surface area (Å²) in [6, 6.07) is 8.49. The van der Waals surface area contributed by atoms with Crippen LogP contribution in [0.25, 0.3) is 0 Å². The summed E-state index contributed by atoms with van der Waals surface area (Å²) in [4.78, 5) is 4.27. The predicted molar refractivity (Wildman–Crippen MR) is 105 cm³/mol. The van der Waals surface area contributed by atoms with E-state index in [0.29, 0.717) is 30.4 Å². The van der Waals surface area contributed by atoms with Crippen LogP contribution in [0.2, 0.25) is 0 Å². The van der Waals surface area contributed by atoms with Crippen LogP contribution in [0.1, 0.15) is 19.4 Å². The van der Waals surface area contributed by atoms with E-state index in [2.05, 4.69) is 15.5 Å². The highest BCUT2D eigenvalue weighted by Gasteiger charge is 2.21. The van der Waals surface area contributed by atoms with Crippen LogP contribution in [0.15, 0.2) is 46.5 Å². The lowest BCUT2D eigenvalue weighted by atomic mass is 10.2. The molecule has 2 rings (SSSR count). The van der Waals surface area contributed by atoms with Gasteiger partial charge in [-0.3, -0.25) is 5.43 Å². The van der Waals surface area contributed by atoms with Gasteiger partial charge >= 0.3 is 0 Å². The maximum atomic E-state index is 12.4. The number of aromatic nitrogens is 1. The van der Waals surface area contributed by atoms with Gasteiger partial charge in [0.2, 0.25) is 10.0 Å². The number of hydrogen-bond donors (Lipinski definition) is 1. The first-order valence-electron chi connectivity index (χ1n) is 8.43. The Morgan fingerprint density at radius 2 is 1.81 bits per heavy atom. The number of hydrogen-bond acceptors (Lipinski definition) is 7. The van der Waals surface area contributed by atoms with Crippen molar-refractivity contribution < 1.29 is 17.9 Å². The Morgan fingerprint density at radius 3 is 2.37 bits per heavy atom. The van der Waals surface area contributed by atoms with E-state index in [4.69, 9.17) is 9.47 Å². The lowest BCUT2D eigenvalue weighted by Gasteiger charge is -2.18. The second kappa shape index (κ2) is 9.33. The monoisotopic (exact) mass is 392 g/mol. The zero-order valence-electron chi connectivity index (χ0n) is 15.8. The van der Waals surface area contributed by atoms with E-state index in [9.17, 15) is 8.42 Å². The maximum Gasteiger partial charge on any atom is 0.244 e. The summed E-state index contributed by atoms with van der Waals surface area (Å²) in [6.07, 6.45) is 2.92. The quantitative estimate of drug-likeness (QED) is 0.521. The van der Waals surface area contributed by atoms with Gasteiger partial charge in [-0.1, -0.05) is 13.8 Å². The first-order chi connectivity index (χ1) is 13.0. The number of hydrazone groups is 1. The topological polar surface area (TPSA) is 93.1 Å². The molecule has 1 N–H and O–H groups in total. The number of sulfonamides is 1. The molecule has 0 atom stereocenters. The summed E-state index contributed by atoms with van der Waals surface area (Å²) in [6.45, 7) is 4.42. The fourth-order valence-corrected chi connectivity index (χ4v) is 3.82. The van der Waals surface area contributed by atoms with Crippen LogP contribution in [0.5, 0.6) is 11.5 Å². The molecule has 27 heavy (non-hydrogen) atoms. The molecule has 1 heterocycles. The van der Waals surface area contributed by atoms with Crippen LogP contribution in [-0.2, 0) is 10.0 Å². The van der Waals surface area contributed by atoms with Crippen molar-refractivity contribution in [2.24, 2.45) is 5.10 Å². The Morgan fingerprint density at radius 1 is 1.11 bits per heavy atom. The molecule has 1 aromatic heterocycles. The van der Waals surface area contributed by atoms with Gasteiger partial charge in [0, 0.05) is 19.3 Å². The van der Waals surface area contributed by atoms with Crippen molar-refractivity contribution in [1.29, 1.82) is 0 Å². The van der Waals surface area contributed by atoms with Gasteiger partial charge in [-0.25, -0.2) is 13.4 Å². The highest BCUT2D eigenvalue weighted by molar-refractivity contribution is 7.89. The minimum atomic E-state index is -3.52. The summed E-state index contributed by atoms with van der Waals surface area (Å²) in [7, 11) is -0.380. The normalized spacial score (nSPS) is 11.7. The minimum absolute atomic E-state index is 0.153. The molecule has 0 aliphatic carbocycles. The first-order valence-corrected chi connectivity index (χ1v) is 9.87. The molecule has 0 spiro atoms. The average Bonchev–Trinajstić information content (AvgIpc) is 2.69. The molecule has 0 amide bonds. The minimum Gasteiger partial charge on any atom is -0.493 e. The lowest BCUT2D eigenvalue weighted by molar-refractivity contribution is 0.355. The standard InChI is InChI=1S/C18H24N4O4S/c1-5-22(6-2)27(23,24)15-8-10-18(19-13-15)21-20-12-14-7-9-16(25-3)17(11-14)26-4/h7-13H,5-6H2,1-4H3,(H,19,21)/b20-12+. The summed E-state index contributed by atoms with van der Waals surface area (Å²) in [5.74, 6) is 1.67. The van der Waals surface area contributed by atoms with E-state index < -0.39 is 10.0 Å². The molecule has 146 valence electrons. The lowest BCUT2D eigenvalue weighted by Crippen LogP contribution is -2.30. The Hall–Kier alpha value is -2.65. The average molecular weight is 392 g/mol. The summed E-state index contributed by atoms with van der Waals surface area (Å²) < 4.78 is 36.7. The Bertz CT molecular complexity index is 879. The molecule has 0 aliphatic heterocycles. The van der Waals surface area contributed by atoms with Crippen molar-refractivity contribution in [2.45, 2.75) is 18.7 Å². The summed E-state index contributed by atoms with van der Waals surface area (Å²) in [5, 5.41) is 4.11. The molecule has 0 radical (unpaired) electrons. The van der Waals surface area contributed by atoms with Crippen LogP contribution in [0.4, 0.5) is 5.82 Å². The van der Waals surface area contributed by atoms with E-state index in [1.807, 2.05) is 6.07 Å². The molecule has 0 fully saturated rings. The van der Waals surface area contributed by atoms with Crippen LogP contribution < -0.4 is 14.9 Å². The number of pyridine rings is 1. The van der Waals surface area contributed by atoms with Crippen LogP contribution >= 0.6 is 0 Å². The summed E-state index contributed by atoms with van der Waals surface area (Å²) in [5.41, 5.74) is 3.58. The van der Waals surface area contributed by atoms with Gasteiger partial charge in [-0.05, 0) is 35.9 Å². The molecule has 0 unspecified atom stereocenters. The van der Waals surface area contributed by atoms with E-state index in [1.54, 1.807) is 52.5 Å². The van der Waals surface area contributed by atoms with Gasteiger partial charge in [0.15, 0.2) is 11.5 Å². The van der Waals surface area contributed by atoms with Gasteiger partial charge < -0.3 is 9.47 Å². The van der Waals surface area contributed by atoms with Crippen LogP contribution in [-0.4, -0.2) is 51.2 Å². The fraction of sp³-hybridized carbons (Fsp3) is 0.333. The van der Waals surface area contributed by atoms with Gasteiger partial charge in [0.05, 0.1) is 20.4 Å². The van der Waals surface area contributed by atoms with Gasteiger partial charge in [-0.15, -0.1) is 0 Å². The molecule has 8 nitrogen and oxygen atoms in total. The number of benzene rings is 1. The summed E-state index contributed by atoms with van der Waals surface area (Å²) >= 11 is 0. The fourth-order valence-electron chi connectivity index (χ4n) is 2.42. The molecular formula is C18H24N4O4S. The highest BCUT2D eigenvalue weighted by atomic mass is 32.2. The zero-order valence-corrected chi connectivity index (χ0v) is 16.7. The van der Waals surface area contributed by atoms with Crippen molar-refractivity contribution in [2.75, 3.05) is 32.7 Å². The third-order valence-corrected chi connectivity index (χ3v) is 5.91. The Labute approximate surface area is 159 Å². The predicted octanol–water partition coefficient (Wildman–Crippen LogP) is 2.58. The molecule has 0 bridgehead atoms.